The molecule has 24 heavy (non-hydrogen) atoms. The van der Waals surface area contributed by atoms with E-state index in [1.165, 1.54) is 17.8 Å². The highest BCUT2D eigenvalue weighted by Crippen LogP contribution is 2.39. The molecule has 0 radical (unpaired) electrons. The second-order valence-electron chi connectivity index (χ2n) is 5.04. The Morgan fingerprint density at radius 3 is 2.92 bits per heavy atom. The number of benzene rings is 2. The summed E-state index contributed by atoms with van der Waals surface area (Å²) in [5.41, 5.74) is 0.481. The molecule has 0 aliphatic rings. The van der Waals surface area contributed by atoms with Gasteiger partial charge in [-0.3, -0.25) is 20.1 Å². The van der Waals surface area contributed by atoms with E-state index in [9.17, 15) is 14.9 Å². The molecule has 118 valence electrons. The number of oxazole rings is 1. The van der Waals surface area contributed by atoms with E-state index in [-0.39, 0.29) is 11.3 Å². The summed E-state index contributed by atoms with van der Waals surface area (Å²) in [6, 6.07) is 10.4. The van der Waals surface area contributed by atoms with Crippen molar-refractivity contribution in [1.82, 2.24) is 9.97 Å². The molecule has 0 spiro atoms. The molecule has 0 unspecified atom stereocenters. The molecule has 0 atom stereocenters. The van der Waals surface area contributed by atoms with Gasteiger partial charge in [0.25, 0.3) is 5.69 Å². The van der Waals surface area contributed by atoms with Crippen LogP contribution in [0.1, 0.15) is 0 Å². The Morgan fingerprint density at radius 1 is 1.21 bits per heavy atom. The van der Waals surface area contributed by atoms with Crippen molar-refractivity contribution in [2.75, 3.05) is 0 Å². The second kappa shape index (κ2) is 5.50. The predicted octanol–water partition coefficient (Wildman–Crippen LogP) is 3.73. The molecule has 8 heteroatoms. The Kier molecular flexibility index (Phi) is 3.31. The molecule has 4 rings (SSSR count). The quantitative estimate of drug-likeness (QED) is 0.451. The van der Waals surface area contributed by atoms with Gasteiger partial charge in [0.2, 0.25) is 0 Å². The number of nitro groups is 1. The van der Waals surface area contributed by atoms with E-state index in [0.717, 1.165) is 15.7 Å². The van der Waals surface area contributed by atoms with Crippen LogP contribution in [0.4, 0.5) is 5.69 Å². The van der Waals surface area contributed by atoms with Crippen LogP contribution in [0.2, 0.25) is 0 Å². The van der Waals surface area contributed by atoms with Crippen LogP contribution < -0.4 is 5.76 Å². The third-order valence-corrected chi connectivity index (χ3v) is 4.68. The summed E-state index contributed by atoms with van der Waals surface area (Å²) in [6.07, 6.45) is 3.42. The summed E-state index contributed by atoms with van der Waals surface area (Å²) >= 11 is 1.26. The van der Waals surface area contributed by atoms with Gasteiger partial charge in [0.15, 0.2) is 5.58 Å². The SMILES string of the molecule is O=c1[nH]c2cc(Sc3cccc4cnccc34)c([N+](=O)[O-])cc2o1. The van der Waals surface area contributed by atoms with Crippen LogP contribution in [0.3, 0.4) is 0 Å². The maximum Gasteiger partial charge on any atom is 0.417 e. The zero-order valence-corrected chi connectivity index (χ0v) is 12.9. The van der Waals surface area contributed by atoms with E-state index in [4.69, 9.17) is 4.42 Å². The highest BCUT2D eigenvalue weighted by Gasteiger charge is 2.19. The lowest BCUT2D eigenvalue weighted by atomic mass is 10.2. The van der Waals surface area contributed by atoms with Crippen molar-refractivity contribution >= 4 is 39.3 Å². The van der Waals surface area contributed by atoms with E-state index in [0.29, 0.717) is 10.4 Å². The first-order valence-corrected chi connectivity index (χ1v) is 7.75. The molecular formula is C16H9N3O4S. The minimum Gasteiger partial charge on any atom is -0.408 e. The fourth-order valence-electron chi connectivity index (χ4n) is 2.49. The lowest BCUT2D eigenvalue weighted by Gasteiger charge is -2.06. The monoisotopic (exact) mass is 339 g/mol. The lowest BCUT2D eigenvalue weighted by molar-refractivity contribution is -0.387. The third kappa shape index (κ3) is 2.42. The molecule has 0 aliphatic heterocycles. The number of hydrogen-bond acceptors (Lipinski definition) is 6. The van der Waals surface area contributed by atoms with Crippen LogP contribution in [0, 0.1) is 10.1 Å². The van der Waals surface area contributed by atoms with Gasteiger partial charge >= 0.3 is 5.76 Å². The summed E-state index contributed by atoms with van der Waals surface area (Å²) in [6.45, 7) is 0. The maximum absolute atomic E-state index is 11.4. The van der Waals surface area contributed by atoms with E-state index in [1.807, 2.05) is 24.3 Å². The van der Waals surface area contributed by atoms with Gasteiger partial charge in [0, 0.05) is 22.7 Å². The fraction of sp³-hybridized carbons (Fsp3) is 0. The highest BCUT2D eigenvalue weighted by molar-refractivity contribution is 7.99. The van der Waals surface area contributed by atoms with Gasteiger partial charge in [-0.25, -0.2) is 4.79 Å². The second-order valence-corrected chi connectivity index (χ2v) is 6.13. The number of H-pyrrole nitrogens is 1. The Bertz CT molecular complexity index is 1140. The largest absolute Gasteiger partial charge is 0.417 e. The molecule has 0 fully saturated rings. The number of pyridine rings is 1. The van der Waals surface area contributed by atoms with Gasteiger partial charge in [0.05, 0.1) is 21.4 Å². The topological polar surface area (TPSA) is 102 Å². The smallest absolute Gasteiger partial charge is 0.408 e. The zero-order chi connectivity index (χ0) is 16.7. The average Bonchev–Trinajstić information content (AvgIpc) is 2.93. The molecule has 2 heterocycles. The molecule has 0 saturated carbocycles. The Morgan fingerprint density at radius 2 is 2.08 bits per heavy atom. The van der Waals surface area contributed by atoms with E-state index >= 15 is 0 Å². The molecule has 0 bridgehead atoms. The number of fused-ring (bicyclic) bond motifs is 2. The summed E-state index contributed by atoms with van der Waals surface area (Å²) in [5.74, 6) is -0.641. The molecule has 0 amide bonds. The summed E-state index contributed by atoms with van der Waals surface area (Å²) in [5, 5.41) is 13.3. The summed E-state index contributed by atoms with van der Waals surface area (Å²) in [7, 11) is 0. The number of aromatic amines is 1. The number of nitro benzene ring substituents is 1. The Balaban J connectivity index is 1.90. The predicted molar refractivity (Wildman–Crippen MR) is 89.4 cm³/mol. The van der Waals surface area contributed by atoms with Crippen LogP contribution >= 0.6 is 11.8 Å². The van der Waals surface area contributed by atoms with Crippen LogP contribution in [0.5, 0.6) is 0 Å². The molecule has 2 aromatic carbocycles. The van der Waals surface area contributed by atoms with Crippen LogP contribution in [-0.2, 0) is 0 Å². The van der Waals surface area contributed by atoms with Crippen molar-refractivity contribution in [1.29, 1.82) is 0 Å². The number of aromatic nitrogens is 2. The van der Waals surface area contributed by atoms with Crippen molar-refractivity contribution in [2.24, 2.45) is 0 Å². The number of nitrogens with one attached hydrogen (secondary N) is 1. The van der Waals surface area contributed by atoms with E-state index in [1.54, 1.807) is 18.5 Å². The molecule has 1 N–H and O–H groups in total. The maximum atomic E-state index is 11.4. The number of hydrogen-bond donors (Lipinski definition) is 1. The molecular weight excluding hydrogens is 330 g/mol. The number of rotatable bonds is 3. The minimum absolute atomic E-state index is 0.110. The van der Waals surface area contributed by atoms with Crippen molar-refractivity contribution in [3.63, 3.8) is 0 Å². The highest BCUT2D eigenvalue weighted by atomic mass is 32.2. The first-order chi connectivity index (χ1) is 11.6. The van der Waals surface area contributed by atoms with Gasteiger partial charge in [-0.1, -0.05) is 23.9 Å². The van der Waals surface area contributed by atoms with Gasteiger partial charge in [0.1, 0.15) is 0 Å². The van der Waals surface area contributed by atoms with Crippen LogP contribution in [0.25, 0.3) is 21.9 Å². The standard InChI is InChI=1S/C16H9N3O4S/c20-16-18-11-6-15(12(19(21)22)7-13(11)23-16)24-14-3-1-2-9-8-17-5-4-10(9)14/h1-8H,(H,18,20). The van der Waals surface area contributed by atoms with Crippen molar-refractivity contribution < 1.29 is 9.34 Å². The Labute approximate surface area is 138 Å². The van der Waals surface area contributed by atoms with Crippen LogP contribution in [-0.4, -0.2) is 14.9 Å². The first-order valence-electron chi connectivity index (χ1n) is 6.94. The number of nitrogens with zero attached hydrogens (tertiary/aromatic N) is 2. The van der Waals surface area contributed by atoms with Crippen molar-refractivity contribution in [2.45, 2.75) is 9.79 Å². The van der Waals surface area contributed by atoms with Crippen molar-refractivity contribution in [3.8, 4) is 0 Å². The van der Waals surface area contributed by atoms with Gasteiger partial charge < -0.3 is 4.42 Å². The fourth-order valence-corrected chi connectivity index (χ4v) is 3.59. The zero-order valence-electron chi connectivity index (χ0n) is 12.1. The average molecular weight is 339 g/mol. The molecule has 2 aromatic heterocycles. The lowest BCUT2D eigenvalue weighted by Crippen LogP contribution is -1.93. The van der Waals surface area contributed by atoms with E-state index in [2.05, 4.69) is 9.97 Å². The van der Waals surface area contributed by atoms with Gasteiger partial charge in [-0.05, 0) is 23.6 Å². The Hall–Kier alpha value is -3.13. The molecule has 7 nitrogen and oxygen atoms in total. The van der Waals surface area contributed by atoms with Crippen LogP contribution in [0.15, 0.2) is 67.8 Å². The molecule has 0 aliphatic carbocycles. The molecule has 4 aromatic rings. The van der Waals surface area contributed by atoms with E-state index < -0.39 is 10.7 Å². The first kappa shape index (κ1) is 14.5. The van der Waals surface area contributed by atoms with Crippen molar-refractivity contribution in [3.05, 3.63) is 69.5 Å². The molecule has 0 saturated heterocycles. The normalized spacial score (nSPS) is 11.2. The minimum atomic E-state index is -0.641. The summed E-state index contributed by atoms with van der Waals surface area (Å²) < 4.78 is 4.90. The third-order valence-electron chi connectivity index (χ3n) is 3.56. The van der Waals surface area contributed by atoms with Gasteiger partial charge in [-0.2, -0.15) is 0 Å². The summed E-state index contributed by atoms with van der Waals surface area (Å²) in [4.78, 5) is 30.1. The van der Waals surface area contributed by atoms with Gasteiger partial charge in [-0.15, -0.1) is 0 Å².